The predicted octanol–water partition coefficient (Wildman–Crippen LogP) is 8.38. The third-order valence-electron chi connectivity index (χ3n) is 8.33. The van der Waals surface area contributed by atoms with Crippen LogP contribution < -0.4 is 0 Å². The first-order chi connectivity index (χ1) is 18.8. The fourth-order valence-corrected chi connectivity index (χ4v) is 5.97. The molecule has 5 nitrogen and oxygen atoms in total. The van der Waals surface area contributed by atoms with Gasteiger partial charge in [0.15, 0.2) is 5.78 Å². The SMILES string of the molecule is CCCCCCCCCCC(O)CN(CCCCC1OC(C)(C)CC1=O)CC(O)CCCCCCCCCC. The summed E-state index contributed by atoms with van der Waals surface area (Å²) in [5.41, 5.74) is -0.326. The van der Waals surface area contributed by atoms with Crippen molar-refractivity contribution >= 4 is 5.78 Å². The number of aliphatic hydroxyl groups is 2. The van der Waals surface area contributed by atoms with Crippen molar-refractivity contribution in [2.24, 2.45) is 0 Å². The van der Waals surface area contributed by atoms with Gasteiger partial charge in [0.2, 0.25) is 0 Å². The van der Waals surface area contributed by atoms with Gasteiger partial charge in [-0.2, -0.15) is 0 Å². The van der Waals surface area contributed by atoms with Crippen LogP contribution in [0.15, 0.2) is 0 Å². The van der Waals surface area contributed by atoms with Crippen LogP contribution in [0, 0.1) is 0 Å². The number of carbonyl (C=O) groups excluding carboxylic acids is 1. The van der Waals surface area contributed by atoms with E-state index in [4.69, 9.17) is 4.74 Å². The van der Waals surface area contributed by atoms with Crippen molar-refractivity contribution in [3.05, 3.63) is 0 Å². The topological polar surface area (TPSA) is 70.0 Å². The molecule has 0 saturated carbocycles. The molecule has 0 spiro atoms. The van der Waals surface area contributed by atoms with Gasteiger partial charge < -0.3 is 14.9 Å². The van der Waals surface area contributed by atoms with E-state index < -0.39 is 0 Å². The molecule has 0 bridgehead atoms. The maximum absolute atomic E-state index is 12.2. The van der Waals surface area contributed by atoms with Crippen molar-refractivity contribution in [1.29, 1.82) is 0 Å². The molecule has 39 heavy (non-hydrogen) atoms. The van der Waals surface area contributed by atoms with Crippen molar-refractivity contribution in [2.45, 2.75) is 193 Å². The van der Waals surface area contributed by atoms with Crippen molar-refractivity contribution in [3.8, 4) is 0 Å². The van der Waals surface area contributed by atoms with Gasteiger partial charge in [0.25, 0.3) is 0 Å². The van der Waals surface area contributed by atoms with Gasteiger partial charge in [-0.05, 0) is 52.5 Å². The number of ketones is 1. The van der Waals surface area contributed by atoms with Gasteiger partial charge >= 0.3 is 0 Å². The van der Waals surface area contributed by atoms with E-state index in [2.05, 4.69) is 18.7 Å². The van der Waals surface area contributed by atoms with Crippen molar-refractivity contribution in [3.63, 3.8) is 0 Å². The number of hydrogen-bond donors (Lipinski definition) is 2. The van der Waals surface area contributed by atoms with Gasteiger partial charge in [-0.25, -0.2) is 0 Å². The zero-order chi connectivity index (χ0) is 28.8. The van der Waals surface area contributed by atoms with Gasteiger partial charge in [-0.3, -0.25) is 9.69 Å². The number of hydrogen-bond acceptors (Lipinski definition) is 5. The Balaban J connectivity index is 2.35. The molecule has 3 atom stereocenters. The Kier molecular flexibility index (Phi) is 21.7. The van der Waals surface area contributed by atoms with E-state index >= 15 is 0 Å². The Labute approximate surface area is 242 Å². The third-order valence-corrected chi connectivity index (χ3v) is 8.33. The highest BCUT2D eigenvalue weighted by Crippen LogP contribution is 2.29. The lowest BCUT2D eigenvalue weighted by Gasteiger charge is -2.27. The average molecular weight is 554 g/mol. The number of carbonyl (C=O) groups is 1. The molecule has 0 aliphatic carbocycles. The van der Waals surface area contributed by atoms with Crippen molar-refractivity contribution < 1.29 is 19.7 Å². The van der Waals surface area contributed by atoms with Gasteiger partial charge in [0.05, 0.1) is 17.8 Å². The molecule has 1 rings (SSSR count). The third kappa shape index (κ3) is 20.1. The molecule has 1 aliphatic heterocycles. The molecule has 1 saturated heterocycles. The van der Waals surface area contributed by atoms with E-state index in [0.717, 1.165) is 51.5 Å². The summed E-state index contributed by atoms with van der Waals surface area (Å²) in [7, 11) is 0. The van der Waals surface area contributed by atoms with E-state index in [0.29, 0.717) is 19.5 Å². The smallest absolute Gasteiger partial charge is 0.164 e. The molecule has 0 aromatic rings. The molecule has 0 amide bonds. The summed E-state index contributed by atoms with van der Waals surface area (Å²) in [6.45, 7) is 10.6. The van der Waals surface area contributed by atoms with Crippen LogP contribution in [0.3, 0.4) is 0 Å². The summed E-state index contributed by atoms with van der Waals surface area (Å²) < 4.78 is 5.94. The quantitative estimate of drug-likeness (QED) is 0.1000. The number of ether oxygens (including phenoxy) is 1. The molecule has 3 unspecified atom stereocenters. The van der Waals surface area contributed by atoms with E-state index in [1.165, 1.54) is 89.9 Å². The average Bonchev–Trinajstić information content (AvgIpc) is 3.15. The van der Waals surface area contributed by atoms with Crippen LogP contribution >= 0.6 is 0 Å². The number of nitrogens with zero attached hydrogens (tertiary/aromatic N) is 1. The second-order valence-electron chi connectivity index (χ2n) is 13.1. The Morgan fingerprint density at radius 1 is 0.718 bits per heavy atom. The molecule has 1 fully saturated rings. The van der Waals surface area contributed by atoms with Crippen LogP contribution in [0.2, 0.25) is 0 Å². The summed E-state index contributed by atoms with van der Waals surface area (Å²) in [4.78, 5) is 14.5. The van der Waals surface area contributed by atoms with E-state index in [-0.39, 0.29) is 29.7 Å². The van der Waals surface area contributed by atoms with Crippen LogP contribution in [-0.4, -0.2) is 64.4 Å². The van der Waals surface area contributed by atoms with Gasteiger partial charge in [0.1, 0.15) is 6.10 Å². The summed E-state index contributed by atoms with van der Waals surface area (Å²) in [5.74, 6) is 0.235. The Bertz CT molecular complexity index is 554. The fourth-order valence-electron chi connectivity index (χ4n) is 5.97. The number of unbranched alkanes of at least 4 members (excludes halogenated alkanes) is 15. The number of Topliss-reactive ketones (excluding diaryl/α,β-unsaturated/α-hetero) is 1. The molecule has 232 valence electrons. The first kappa shape index (κ1) is 36.5. The normalized spacial score (nSPS) is 18.7. The highest BCUT2D eigenvalue weighted by molar-refractivity contribution is 5.85. The Morgan fingerprint density at radius 3 is 1.56 bits per heavy atom. The summed E-state index contributed by atoms with van der Waals surface area (Å²) in [6.07, 6.45) is 24.4. The molecule has 0 aromatic heterocycles. The molecule has 0 aromatic carbocycles. The highest BCUT2D eigenvalue weighted by atomic mass is 16.5. The number of aliphatic hydroxyl groups excluding tert-OH is 2. The monoisotopic (exact) mass is 554 g/mol. The van der Waals surface area contributed by atoms with E-state index in [1.54, 1.807) is 0 Å². The first-order valence-corrected chi connectivity index (χ1v) is 17.1. The zero-order valence-electron chi connectivity index (χ0n) is 26.6. The lowest BCUT2D eigenvalue weighted by molar-refractivity contribution is -0.123. The van der Waals surface area contributed by atoms with Gasteiger partial charge in [0, 0.05) is 19.5 Å². The molecular weight excluding hydrogens is 486 g/mol. The lowest BCUT2D eigenvalue weighted by Crippen LogP contribution is -2.38. The molecular formula is C34H67NO4. The van der Waals surface area contributed by atoms with Crippen LogP contribution in [0.4, 0.5) is 0 Å². The summed E-state index contributed by atoms with van der Waals surface area (Å²) in [6, 6.07) is 0. The van der Waals surface area contributed by atoms with Crippen LogP contribution in [-0.2, 0) is 9.53 Å². The minimum absolute atomic E-state index is 0.235. The fraction of sp³-hybridized carbons (Fsp3) is 0.971. The molecule has 1 heterocycles. The summed E-state index contributed by atoms with van der Waals surface area (Å²) >= 11 is 0. The van der Waals surface area contributed by atoms with Gasteiger partial charge in [-0.15, -0.1) is 0 Å². The maximum atomic E-state index is 12.2. The lowest BCUT2D eigenvalue weighted by atomic mass is 10.0. The Hall–Kier alpha value is -0.490. The van der Waals surface area contributed by atoms with Crippen LogP contribution in [0.25, 0.3) is 0 Å². The molecule has 1 aliphatic rings. The largest absolute Gasteiger partial charge is 0.392 e. The van der Waals surface area contributed by atoms with Crippen LogP contribution in [0.5, 0.6) is 0 Å². The number of rotatable bonds is 27. The molecule has 5 heteroatoms. The maximum Gasteiger partial charge on any atom is 0.164 e. The zero-order valence-corrected chi connectivity index (χ0v) is 26.6. The van der Waals surface area contributed by atoms with E-state index in [9.17, 15) is 15.0 Å². The predicted molar refractivity (Wildman–Crippen MR) is 165 cm³/mol. The van der Waals surface area contributed by atoms with Crippen LogP contribution in [0.1, 0.15) is 169 Å². The Morgan fingerprint density at radius 2 is 1.15 bits per heavy atom. The van der Waals surface area contributed by atoms with Gasteiger partial charge in [-0.1, -0.05) is 117 Å². The van der Waals surface area contributed by atoms with Crippen molar-refractivity contribution in [1.82, 2.24) is 4.90 Å². The minimum atomic E-state index is -0.332. The highest BCUT2D eigenvalue weighted by Gasteiger charge is 2.38. The second-order valence-corrected chi connectivity index (χ2v) is 13.1. The standard InChI is InChI=1S/C34H67NO4/c1-5-7-9-11-13-15-17-19-23-30(36)28-35(26-22-21-25-33-32(38)27-34(3,4)39-33)29-31(37)24-20-18-16-14-12-10-8-6-2/h30-31,33,36-37H,5-29H2,1-4H3. The first-order valence-electron chi connectivity index (χ1n) is 17.1. The second kappa shape index (κ2) is 23.1. The summed E-state index contributed by atoms with van der Waals surface area (Å²) in [5, 5.41) is 21.5. The van der Waals surface area contributed by atoms with Crippen molar-refractivity contribution in [2.75, 3.05) is 19.6 Å². The minimum Gasteiger partial charge on any atom is -0.392 e. The molecule has 0 radical (unpaired) electrons. The van der Waals surface area contributed by atoms with E-state index in [1.807, 2.05) is 13.8 Å². The molecule has 2 N–H and O–H groups in total.